The van der Waals surface area contributed by atoms with Gasteiger partial charge >= 0.3 is 0 Å². The Labute approximate surface area is 159 Å². The van der Waals surface area contributed by atoms with E-state index in [9.17, 15) is 13.2 Å². The molecule has 1 aromatic carbocycles. The summed E-state index contributed by atoms with van der Waals surface area (Å²) in [6.07, 6.45) is 3.41. The maximum atomic E-state index is 11.7. The Bertz CT molecular complexity index is 913. The van der Waals surface area contributed by atoms with E-state index in [1.54, 1.807) is 18.3 Å². The molecule has 0 aliphatic carbocycles. The van der Waals surface area contributed by atoms with Gasteiger partial charge in [0.15, 0.2) is 0 Å². The number of benzene rings is 1. The van der Waals surface area contributed by atoms with Gasteiger partial charge in [0.2, 0.25) is 10.0 Å². The van der Waals surface area contributed by atoms with Crippen molar-refractivity contribution in [2.75, 3.05) is 13.1 Å². The number of rotatable bonds is 6. The number of nitrogens with zero attached hydrogens (tertiary/aromatic N) is 3. The molecule has 0 unspecified atom stereocenters. The van der Waals surface area contributed by atoms with Crippen molar-refractivity contribution in [3.8, 4) is 0 Å². The van der Waals surface area contributed by atoms with Crippen LogP contribution in [0.1, 0.15) is 47.3 Å². The van der Waals surface area contributed by atoms with Gasteiger partial charge in [0, 0.05) is 19.0 Å². The molecule has 1 saturated heterocycles. The highest BCUT2D eigenvalue weighted by molar-refractivity contribution is 7.89. The van der Waals surface area contributed by atoms with E-state index in [2.05, 4.69) is 10.00 Å². The van der Waals surface area contributed by atoms with Crippen molar-refractivity contribution in [2.45, 2.75) is 43.7 Å². The number of aryl methyl sites for hydroxylation is 1. The molecule has 1 aliphatic heterocycles. The van der Waals surface area contributed by atoms with E-state index in [0.717, 1.165) is 43.7 Å². The third-order valence-corrected chi connectivity index (χ3v) is 6.01. The van der Waals surface area contributed by atoms with Crippen molar-refractivity contribution in [3.63, 3.8) is 0 Å². The van der Waals surface area contributed by atoms with Crippen LogP contribution in [0.2, 0.25) is 0 Å². The first-order valence-electron chi connectivity index (χ1n) is 8.99. The van der Waals surface area contributed by atoms with Gasteiger partial charge in [-0.3, -0.25) is 14.4 Å². The van der Waals surface area contributed by atoms with Gasteiger partial charge in [0.1, 0.15) is 0 Å². The van der Waals surface area contributed by atoms with Crippen molar-refractivity contribution < 1.29 is 13.2 Å². The molecule has 8 nitrogen and oxygen atoms in total. The van der Waals surface area contributed by atoms with E-state index < -0.39 is 15.9 Å². The van der Waals surface area contributed by atoms with Gasteiger partial charge in [-0.25, -0.2) is 13.6 Å². The van der Waals surface area contributed by atoms with E-state index in [1.807, 2.05) is 11.6 Å². The number of aromatic nitrogens is 2. The first-order valence-corrected chi connectivity index (χ1v) is 10.5. The highest BCUT2D eigenvalue weighted by Crippen LogP contribution is 2.31. The fraction of sp³-hybridized carbons (Fsp3) is 0.444. The molecule has 0 atom stereocenters. The summed E-state index contributed by atoms with van der Waals surface area (Å²) < 4.78 is 24.5. The zero-order chi connectivity index (χ0) is 19.6. The highest BCUT2D eigenvalue weighted by Gasteiger charge is 2.27. The second kappa shape index (κ2) is 7.79. The third-order valence-electron chi connectivity index (χ3n) is 5.08. The minimum atomic E-state index is -3.66. The van der Waals surface area contributed by atoms with Crippen LogP contribution in [-0.4, -0.2) is 42.1 Å². The number of nitrogens with two attached hydrogens (primary N) is 2. The lowest BCUT2D eigenvalue weighted by Gasteiger charge is -2.32. The normalized spacial score (nSPS) is 16.5. The van der Waals surface area contributed by atoms with Crippen molar-refractivity contribution in [3.05, 3.63) is 47.3 Å². The Morgan fingerprint density at radius 3 is 2.37 bits per heavy atom. The van der Waals surface area contributed by atoms with Crippen molar-refractivity contribution in [1.29, 1.82) is 0 Å². The number of hydrogen-bond donors (Lipinski definition) is 2. The van der Waals surface area contributed by atoms with E-state index in [1.165, 1.54) is 12.1 Å². The van der Waals surface area contributed by atoms with E-state index >= 15 is 0 Å². The maximum Gasteiger partial charge on any atom is 0.252 e. The van der Waals surface area contributed by atoms with Crippen LogP contribution < -0.4 is 10.9 Å². The quantitative estimate of drug-likeness (QED) is 0.761. The molecule has 0 radical (unpaired) electrons. The molecule has 1 aliphatic rings. The van der Waals surface area contributed by atoms with Gasteiger partial charge in [0.25, 0.3) is 5.91 Å². The van der Waals surface area contributed by atoms with Crippen LogP contribution in [0.4, 0.5) is 0 Å². The van der Waals surface area contributed by atoms with Crippen LogP contribution >= 0.6 is 0 Å². The molecule has 0 spiro atoms. The zero-order valence-electron chi connectivity index (χ0n) is 15.3. The molecule has 1 amide bonds. The number of primary sulfonamides is 1. The predicted octanol–water partition coefficient (Wildman–Crippen LogP) is 1.03. The molecule has 4 N–H and O–H groups in total. The molecular weight excluding hydrogens is 366 g/mol. The molecule has 3 rings (SSSR count). The number of hydrogen-bond acceptors (Lipinski definition) is 5. The summed E-state index contributed by atoms with van der Waals surface area (Å²) >= 11 is 0. The molecule has 2 heterocycles. The second-order valence-electron chi connectivity index (χ2n) is 6.86. The van der Waals surface area contributed by atoms with Gasteiger partial charge in [-0.2, -0.15) is 5.10 Å². The lowest BCUT2D eigenvalue weighted by atomic mass is 9.90. The molecule has 0 saturated carbocycles. The minimum Gasteiger partial charge on any atom is -0.365 e. The number of likely N-dealkylation sites (tertiary alicyclic amines) is 1. The molecule has 1 aromatic heterocycles. The van der Waals surface area contributed by atoms with Crippen molar-refractivity contribution in [2.24, 2.45) is 10.9 Å². The van der Waals surface area contributed by atoms with Crippen LogP contribution in [0, 0.1) is 0 Å². The number of piperidine rings is 1. The number of primary amides is 1. The summed E-state index contributed by atoms with van der Waals surface area (Å²) in [6.45, 7) is 5.22. The lowest BCUT2D eigenvalue weighted by molar-refractivity contribution is 0.0997. The monoisotopic (exact) mass is 391 g/mol. The lowest BCUT2D eigenvalue weighted by Crippen LogP contribution is -2.33. The van der Waals surface area contributed by atoms with E-state index in [0.29, 0.717) is 12.1 Å². The summed E-state index contributed by atoms with van der Waals surface area (Å²) in [5.74, 6) is -0.168. The van der Waals surface area contributed by atoms with Gasteiger partial charge < -0.3 is 5.73 Å². The fourth-order valence-electron chi connectivity index (χ4n) is 3.67. The second-order valence-corrected chi connectivity index (χ2v) is 8.42. The topological polar surface area (TPSA) is 124 Å². The molecule has 2 aromatic rings. The van der Waals surface area contributed by atoms with Crippen LogP contribution in [-0.2, 0) is 23.1 Å². The number of amides is 1. The molecule has 0 bridgehead atoms. The predicted molar refractivity (Wildman–Crippen MR) is 101 cm³/mol. The summed E-state index contributed by atoms with van der Waals surface area (Å²) in [6, 6.07) is 6.67. The van der Waals surface area contributed by atoms with Crippen LogP contribution in [0.5, 0.6) is 0 Å². The molecule has 27 heavy (non-hydrogen) atoms. The smallest absolute Gasteiger partial charge is 0.252 e. The average molecular weight is 391 g/mol. The van der Waals surface area contributed by atoms with Gasteiger partial charge in [-0.05, 0) is 50.6 Å². The first kappa shape index (κ1) is 19.5. The Kier molecular flexibility index (Phi) is 5.64. The number of sulfonamides is 1. The Morgan fingerprint density at radius 2 is 1.85 bits per heavy atom. The molecule has 1 fully saturated rings. The summed E-state index contributed by atoms with van der Waals surface area (Å²) in [5.41, 5.74) is 8.01. The minimum absolute atomic E-state index is 0.122. The average Bonchev–Trinajstić information content (AvgIpc) is 3.06. The fourth-order valence-corrected chi connectivity index (χ4v) is 4.19. The van der Waals surface area contributed by atoms with Crippen LogP contribution in [0.15, 0.2) is 35.4 Å². The van der Waals surface area contributed by atoms with Crippen LogP contribution in [0.25, 0.3) is 0 Å². The molecule has 9 heteroatoms. The van der Waals surface area contributed by atoms with E-state index in [4.69, 9.17) is 10.9 Å². The molecular formula is C18H25N5O3S. The number of carbonyl (C=O) groups is 1. The van der Waals surface area contributed by atoms with Gasteiger partial charge in [0.05, 0.1) is 22.3 Å². The Balaban J connectivity index is 1.64. The molecule has 146 valence electrons. The largest absolute Gasteiger partial charge is 0.365 e. The third kappa shape index (κ3) is 4.37. The summed E-state index contributed by atoms with van der Waals surface area (Å²) in [7, 11) is -3.66. The summed E-state index contributed by atoms with van der Waals surface area (Å²) in [5, 5.41) is 9.42. The number of carbonyl (C=O) groups excluding carboxylic acids is 1. The van der Waals surface area contributed by atoms with Gasteiger partial charge in [-0.1, -0.05) is 12.1 Å². The standard InChI is InChI=1S/C18H25N5O3S/c1-2-23-17(16(11-21-23)18(19)24)14-7-9-22(10-8-14)12-13-3-5-15(6-4-13)27(20,25)26/h3-6,11,14H,2,7-10,12H2,1H3,(H2,19,24)(H2,20,25,26). The van der Waals surface area contributed by atoms with Crippen LogP contribution in [0.3, 0.4) is 0 Å². The van der Waals surface area contributed by atoms with E-state index in [-0.39, 0.29) is 10.8 Å². The maximum absolute atomic E-state index is 11.7. The summed E-state index contributed by atoms with van der Waals surface area (Å²) in [4.78, 5) is 14.1. The SMILES string of the molecule is CCn1ncc(C(N)=O)c1C1CCN(Cc2ccc(S(N)(=O)=O)cc2)CC1. The Hall–Kier alpha value is -2.23. The van der Waals surface area contributed by atoms with Crippen molar-refractivity contribution in [1.82, 2.24) is 14.7 Å². The first-order chi connectivity index (χ1) is 12.8. The highest BCUT2D eigenvalue weighted by atomic mass is 32.2. The zero-order valence-corrected chi connectivity index (χ0v) is 16.2. The Morgan fingerprint density at radius 1 is 1.22 bits per heavy atom. The van der Waals surface area contributed by atoms with Gasteiger partial charge in [-0.15, -0.1) is 0 Å². The van der Waals surface area contributed by atoms with Crippen molar-refractivity contribution >= 4 is 15.9 Å².